The molecular formula is C15H11F2N3O5. The van der Waals surface area contributed by atoms with Crippen LogP contribution >= 0.6 is 0 Å². The van der Waals surface area contributed by atoms with Crippen LogP contribution in [0.2, 0.25) is 0 Å². The van der Waals surface area contributed by atoms with E-state index in [2.05, 4.69) is 5.32 Å². The maximum atomic E-state index is 13.0. The van der Waals surface area contributed by atoms with Gasteiger partial charge in [0.25, 0.3) is 11.6 Å². The Bertz CT molecular complexity index is 857. The van der Waals surface area contributed by atoms with Crippen molar-refractivity contribution in [2.75, 3.05) is 17.7 Å². The van der Waals surface area contributed by atoms with E-state index in [0.717, 1.165) is 36.4 Å². The molecule has 8 nitrogen and oxygen atoms in total. The van der Waals surface area contributed by atoms with Crippen molar-refractivity contribution in [3.63, 3.8) is 0 Å². The number of nitro groups is 1. The standard InChI is InChI=1S/C15H11F2N3O5/c16-11-3-1-8(5-12(11)17)19-14(21)7-25-15(22)10-6-9(20(23)24)2-4-13(10)18/h1-6H,7,18H2,(H,19,21). The average Bonchev–Trinajstić information content (AvgIpc) is 2.56. The zero-order valence-electron chi connectivity index (χ0n) is 12.5. The molecule has 130 valence electrons. The molecule has 10 heteroatoms. The van der Waals surface area contributed by atoms with Crippen molar-refractivity contribution >= 4 is 28.9 Å². The van der Waals surface area contributed by atoms with Gasteiger partial charge in [0.05, 0.1) is 10.5 Å². The molecule has 0 saturated heterocycles. The first kappa shape index (κ1) is 17.8. The fourth-order valence-corrected chi connectivity index (χ4v) is 1.81. The number of nitrogen functional groups attached to an aromatic ring is 1. The Morgan fingerprint density at radius 2 is 1.88 bits per heavy atom. The molecule has 2 aromatic carbocycles. The highest BCUT2D eigenvalue weighted by atomic mass is 19.2. The number of esters is 1. The van der Waals surface area contributed by atoms with Gasteiger partial charge in [0.1, 0.15) is 0 Å². The lowest BCUT2D eigenvalue weighted by atomic mass is 10.1. The topological polar surface area (TPSA) is 125 Å². The summed E-state index contributed by atoms with van der Waals surface area (Å²) in [5.74, 6) is -4.09. The van der Waals surface area contributed by atoms with Crippen molar-refractivity contribution < 1.29 is 28.0 Å². The molecule has 0 radical (unpaired) electrons. The summed E-state index contributed by atoms with van der Waals surface area (Å²) in [5.41, 5.74) is 4.82. The Hall–Kier alpha value is -3.56. The highest BCUT2D eigenvalue weighted by molar-refractivity contribution is 5.98. The number of nitrogens with zero attached hydrogens (tertiary/aromatic N) is 1. The van der Waals surface area contributed by atoms with Crippen LogP contribution in [0, 0.1) is 21.7 Å². The summed E-state index contributed by atoms with van der Waals surface area (Å²) in [5, 5.41) is 12.9. The molecule has 25 heavy (non-hydrogen) atoms. The number of benzene rings is 2. The SMILES string of the molecule is Nc1ccc([N+](=O)[O-])cc1C(=O)OCC(=O)Nc1ccc(F)c(F)c1. The molecule has 3 N–H and O–H groups in total. The number of nitro benzene ring substituents is 1. The summed E-state index contributed by atoms with van der Waals surface area (Å²) >= 11 is 0. The van der Waals surface area contributed by atoms with E-state index in [9.17, 15) is 28.5 Å². The van der Waals surface area contributed by atoms with Crippen LogP contribution in [-0.4, -0.2) is 23.4 Å². The van der Waals surface area contributed by atoms with E-state index in [1.807, 2.05) is 0 Å². The molecule has 0 unspecified atom stereocenters. The molecule has 2 aromatic rings. The number of nitrogens with one attached hydrogen (secondary N) is 1. The van der Waals surface area contributed by atoms with E-state index in [-0.39, 0.29) is 22.6 Å². The first-order valence-corrected chi connectivity index (χ1v) is 6.74. The third kappa shape index (κ3) is 4.47. The second-order valence-corrected chi connectivity index (χ2v) is 4.78. The fourth-order valence-electron chi connectivity index (χ4n) is 1.81. The van der Waals surface area contributed by atoms with Crippen molar-refractivity contribution in [2.45, 2.75) is 0 Å². The third-order valence-electron chi connectivity index (χ3n) is 3.01. The normalized spacial score (nSPS) is 10.2. The largest absolute Gasteiger partial charge is 0.452 e. The van der Waals surface area contributed by atoms with Gasteiger partial charge >= 0.3 is 5.97 Å². The minimum absolute atomic E-state index is 0.0326. The number of carbonyl (C=O) groups is 2. The van der Waals surface area contributed by atoms with Crippen LogP contribution in [0.4, 0.5) is 25.8 Å². The van der Waals surface area contributed by atoms with Gasteiger partial charge in [0, 0.05) is 29.6 Å². The van der Waals surface area contributed by atoms with Gasteiger partial charge in [0.2, 0.25) is 0 Å². The van der Waals surface area contributed by atoms with E-state index in [1.165, 1.54) is 0 Å². The molecule has 2 rings (SSSR count). The number of hydrogen-bond donors (Lipinski definition) is 2. The van der Waals surface area contributed by atoms with Gasteiger partial charge in [-0.15, -0.1) is 0 Å². The Morgan fingerprint density at radius 3 is 2.52 bits per heavy atom. The molecule has 1 amide bonds. The summed E-state index contributed by atoms with van der Waals surface area (Å²) in [6, 6.07) is 5.90. The maximum absolute atomic E-state index is 13.0. The Morgan fingerprint density at radius 1 is 1.16 bits per heavy atom. The summed E-state index contributed by atoms with van der Waals surface area (Å²) in [4.78, 5) is 33.5. The van der Waals surface area contributed by atoms with Crippen molar-refractivity contribution in [2.24, 2.45) is 0 Å². The molecule has 0 spiro atoms. The quantitative estimate of drug-likeness (QED) is 0.368. The lowest BCUT2D eigenvalue weighted by Crippen LogP contribution is -2.21. The average molecular weight is 351 g/mol. The van der Waals surface area contributed by atoms with Crippen molar-refractivity contribution in [1.82, 2.24) is 0 Å². The van der Waals surface area contributed by atoms with Crippen LogP contribution in [0.3, 0.4) is 0 Å². The zero-order chi connectivity index (χ0) is 18.6. The number of anilines is 2. The molecular weight excluding hydrogens is 340 g/mol. The lowest BCUT2D eigenvalue weighted by molar-refractivity contribution is -0.384. The van der Waals surface area contributed by atoms with E-state index in [1.54, 1.807) is 0 Å². The number of carbonyl (C=O) groups excluding carboxylic acids is 2. The highest BCUT2D eigenvalue weighted by Gasteiger charge is 2.18. The van der Waals surface area contributed by atoms with E-state index in [4.69, 9.17) is 10.5 Å². The Kier molecular flexibility index (Phi) is 5.22. The highest BCUT2D eigenvalue weighted by Crippen LogP contribution is 2.20. The Balaban J connectivity index is 1.99. The van der Waals surface area contributed by atoms with Crippen molar-refractivity contribution in [3.8, 4) is 0 Å². The van der Waals surface area contributed by atoms with Crippen LogP contribution in [0.15, 0.2) is 36.4 Å². The molecule has 0 bridgehead atoms. The van der Waals surface area contributed by atoms with Gasteiger partial charge in [-0.3, -0.25) is 14.9 Å². The molecule has 0 aromatic heterocycles. The van der Waals surface area contributed by atoms with Crippen LogP contribution < -0.4 is 11.1 Å². The van der Waals surface area contributed by atoms with Gasteiger partial charge < -0.3 is 15.8 Å². The lowest BCUT2D eigenvalue weighted by Gasteiger charge is -2.08. The second kappa shape index (κ2) is 7.34. The van der Waals surface area contributed by atoms with Gasteiger partial charge in [-0.2, -0.15) is 0 Å². The zero-order valence-corrected chi connectivity index (χ0v) is 12.5. The van der Waals surface area contributed by atoms with Crippen LogP contribution in [-0.2, 0) is 9.53 Å². The predicted octanol–water partition coefficient (Wildman–Crippen LogP) is 2.25. The monoisotopic (exact) mass is 351 g/mol. The van der Waals surface area contributed by atoms with Crippen molar-refractivity contribution in [1.29, 1.82) is 0 Å². The molecule has 0 aliphatic heterocycles. The van der Waals surface area contributed by atoms with Crippen molar-refractivity contribution in [3.05, 3.63) is 63.7 Å². The molecule has 0 fully saturated rings. The summed E-state index contributed by atoms with van der Waals surface area (Å²) < 4.78 is 30.5. The minimum Gasteiger partial charge on any atom is -0.452 e. The number of ether oxygens (including phenoxy) is 1. The first-order chi connectivity index (χ1) is 11.8. The first-order valence-electron chi connectivity index (χ1n) is 6.74. The molecule has 0 heterocycles. The number of nitrogens with two attached hydrogens (primary N) is 1. The van der Waals surface area contributed by atoms with Crippen LogP contribution in [0.5, 0.6) is 0 Å². The number of rotatable bonds is 5. The number of non-ortho nitro benzene ring substituents is 1. The Labute approximate surface area is 139 Å². The maximum Gasteiger partial charge on any atom is 0.341 e. The number of hydrogen-bond acceptors (Lipinski definition) is 6. The van der Waals surface area contributed by atoms with Gasteiger partial charge in [-0.1, -0.05) is 0 Å². The summed E-state index contributed by atoms with van der Waals surface area (Å²) in [7, 11) is 0. The summed E-state index contributed by atoms with van der Waals surface area (Å²) in [6.45, 7) is -0.750. The summed E-state index contributed by atoms with van der Waals surface area (Å²) in [6.07, 6.45) is 0. The second-order valence-electron chi connectivity index (χ2n) is 4.78. The number of amides is 1. The molecule has 0 aliphatic carbocycles. The number of halogens is 2. The fraction of sp³-hybridized carbons (Fsp3) is 0.0667. The van der Waals surface area contributed by atoms with Crippen LogP contribution in [0.1, 0.15) is 10.4 Å². The molecule has 0 saturated carbocycles. The van der Waals surface area contributed by atoms with E-state index >= 15 is 0 Å². The molecule has 0 atom stereocenters. The minimum atomic E-state index is -1.15. The smallest absolute Gasteiger partial charge is 0.341 e. The van der Waals surface area contributed by atoms with Gasteiger partial charge in [-0.25, -0.2) is 13.6 Å². The van der Waals surface area contributed by atoms with E-state index in [0.29, 0.717) is 0 Å². The molecule has 0 aliphatic rings. The predicted molar refractivity (Wildman–Crippen MR) is 82.8 cm³/mol. The van der Waals surface area contributed by atoms with E-state index < -0.39 is 35.0 Å². The third-order valence-corrected chi connectivity index (χ3v) is 3.01. The van der Waals surface area contributed by atoms with Crippen LogP contribution in [0.25, 0.3) is 0 Å². The van der Waals surface area contributed by atoms with Gasteiger partial charge in [0.15, 0.2) is 18.2 Å². The van der Waals surface area contributed by atoms with Gasteiger partial charge in [-0.05, 0) is 18.2 Å².